The van der Waals surface area contributed by atoms with Crippen LogP contribution in [0.3, 0.4) is 0 Å². The molecule has 8 heteroatoms. The van der Waals surface area contributed by atoms with Gasteiger partial charge in [0.25, 0.3) is 0 Å². The number of aromatic nitrogens is 1. The van der Waals surface area contributed by atoms with Crippen molar-refractivity contribution >= 4 is 41.1 Å². The van der Waals surface area contributed by atoms with Crippen molar-refractivity contribution in [3.8, 4) is 0 Å². The van der Waals surface area contributed by atoms with E-state index in [9.17, 15) is 14.0 Å². The lowest BCUT2D eigenvalue weighted by Gasteiger charge is -2.26. The molecule has 0 aliphatic carbocycles. The molecule has 1 aliphatic heterocycles. The molecule has 1 unspecified atom stereocenters. The average Bonchev–Trinajstić information content (AvgIpc) is 3.18. The monoisotopic (exact) mass is 468 g/mol. The number of hydrogen-bond acceptors (Lipinski definition) is 6. The SMILES string of the molecule is Cc1cc(C(=O)OCCSc2cccnc2)ccc1N1C(=O)CSC1c1ccc(F)cc1. The molecule has 32 heavy (non-hydrogen) atoms. The molecule has 5 nitrogen and oxygen atoms in total. The number of nitrogens with zero attached hydrogens (tertiary/aromatic N) is 2. The van der Waals surface area contributed by atoms with E-state index < -0.39 is 5.97 Å². The van der Waals surface area contributed by atoms with Crippen molar-refractivity contribution < 1.29 is 18.7 Å². The number of pyridine rings is 1. The Kier molecular flexibility index (Phi) is 7.12. The van der Waals surface area contributed by atoms with Crippen LogP contribution in [0.4, 0.5) is 10.1 Å². The highest BCUT2D eigenvalue weighted by Crippen LogP contribution is 2.42. The number of esters is 1. The van der Waals surface area contributed by atoms with E-state index in [2.05, 4.69) is 4.98 Å². The highest BCUT2D eigenvalue weighted by molar-refractivity contribution is 8.00. The van der Waals surface area contributed by atoms with Crippen molar-refractivity contribution in [2.45, 2.75) is 17.2 Å². The number of anilines is 1. The van der Waals surface area contributed by atoms with Gasteiger partial charge >= 0.3 is 5.97 Å². The minimum atomic E-state index is -0.399. The van der Waals surface area contributed by atoms with Crippen LogP contribution in [0.1, 0.15) is 26.9 Å². The molecule has 2 heterocycles. The van der Waals surface area contributed by atoms with Crippen molar-refractivity contribution in [1.82, 2.24) is 4.98 Å². The first-order valence-electron chi connectivity index (χ1n) is 10.0. The van der Waals surface area contributed by atoms with Gasteiger partial charge in [-0.1, -0.05) is 12.1 Å². The lowest BCUT2D eigenvalue weighted by molar-refractivity contribution is -0.115. The van der Waals surface area contributed by atoms with E-state index in [0.29, 0.717) is 17.1 Å². The number of rotatable bonds is 7. The molecule has 4 rings (SSSR count). The van der Waals surface area contributed by atoms with Gasteiger partial charge in [-0.2, -0.15) is 0 Å². The molecule has 0 saturated carbocycles. The molecule has 164 valence electrons. The Balaban J connectivity index is 1.42. The topological polar surface area (TPSA) is 59.5 Å². The fraction of sp³-hybridized carbons (Fsp3) is 0.208. The van der Waals surface area contributed by atoms with Crippen LogP contribution < -0.4 is 4.90 Å². The third-order valence-electron chi connectivity index (χ3n) is 4.93. The number of aryl methyl sites for hydroxylation is 1. The zero-order valence-electron chi connectivity index (χ0n) is 17.4. The number of hydrogen-bond donors (Lipinski definition) is 0. The van der Waals surface area contributed by atoms with Crippen molar-refractivity contribution in [1.29, 1.82) is 0 Å². The third-order valence-corrected chi connectivity index (χ3v) is 7.09. The van der Waals surface area contributed by atoms with Gasteiger partial charge < -0.3 is 4.74 Å². The molecular weight excluding hydrogens is 447 g/mol. The van der Waals surface area contributed by atoms with Crippen LogP contribution >= 0.6 is 23.5 Å². The quantitative estimate of drug-likeness (QED) is 0.268. The molecule has 0 bridgehead atoms. The molecule has 3 aromatic rings. The Labute approximate surface area is 194 Å². The van der Waals surface area contributed by atoms with Crippen LogP contribution in [0.2, 0.25) is 0 Å². The summed E-state index contributed by atoms with van der Waals surface area (Å²) in [6.45, 7) is 2.15. The van der Waals surface area contributed by atoms with Gasteiger partial charge in [0.05, 0.1) is 11.3 Å². The first kappa shape index (κ1) is 22.4. The molecule has 0 spiro atoms. The van der Waals surface area contributed by atoms with Gasteiger partial charge in [-0.25, -0.2) is 9.18 Å². The van der Waals surface area contributed by atoms with Gasteiger partial charge in [-0.15, -0.1) is 23.5 Å². The van der Waals surface area contributed by atoms with Crippen LogP contribution in [-0.2, 0) is 9.53 Å². The Morgan fingerprint density at radius 2 is 2.06 bits per heavy atom. The van der Waals surface area contributed by atoms with Crippen molar-refractivity contribution in [3.63, 3.8) is 0 Å². The largest absolute Gasteiger partial charge is 0.461 e. The summed E-state index contributed by atoms with van der Waals surface area (Å²) in [5, 5.41) is -0.232. The Bertz CT molecular complexity index is 1110. The number of carbonyl (C=O) groups is 2. The standard InChI is InChI=1S/C24H21FN2O3S2/c1-16-13-18(24(29)30-11-12-31-20-3-2-10-26-14-20)6-9-21(16)27-22(28)15-32-23(27)17-4-7-19(25)8-5-17/h2-10,13-14,23H,11-12,15H2,1H3. The van der Waals surface area contributed by atoms with Gasteiger partial charge in [0.15, 0.2) is 0 Å². The second-order valence-corrected chi connectivity index (χ2v) is 9.39. The normalized spacial score (nSPS) is 15.8. The highest BCUT2D eigenvalue weighted by atomic mass is 32.2. The fourth-order valence-electron chi connectivity index (χ4n) is 3.42. The van der Waals surface area contributed by atoms with Crippen LogP contribution in [0.5, 0.6) is 0 Å². The molecule has 1 aromatic heterocycles. The molecule has 1 fully saturated rings. The minimum Gasteiger partial charge on any atom is -0.461 e. The van der Waals surface area contributed by atoms with Crippen LogP contribution in [0.15, 0.2) is 71.9 Å². The first-order valence-corrected chi connectivity index (χ1v) is 12.1. The molecule has 1 amide bonds. The second-order valence-electron chi connectivity index (χ2n) is 7.15. The number of ether oxygens (including phenoxy) is 1. The average molecular weight is 469 g/mol. The van der Waals surface area contributed by atoms with E-state index >= 15 is 0 Å². The molecule has 0 N–H and O–H groups in total. The smallest absolute Gasteiger partial charge is 0.338 e. The maximum atomic E-state index is 13.3. The number of benzene rings is 2. The maximum Gasteiger partial charge on any atom is 0.338 e. The summed E-state index contributed by atoms with van der Waals surface area (Å²) >= 11 is 3.07. The van der Waals surface area contributed by atoms with E-state index in [4.69, 9.17) is 4.74 Å². The van der Waals surface area contributed by atoms with E-state index in [0.717, 1.165) is 21.7 Å². The van der Waals surface area contributed by atoms with Gasteiger partial charge in [0.2, 0.25) is 5.91 Å². The van der Waals surface area contributed by atoms with Crippen LogP contribution in [0.25, 0.3) is 0 Å². The summed E-state index contributed by atoms with van der Waals surface area (Å²) in [4.78, 5) is 31.9. The Hall–Kier alpha value is -2.84. The van der Waals surface area contributed by atoms with E-state index in [1.807, 2.05) is 19.1 Å². The Morgan fingerprint density at radius 1 is 1.25 bits per heavy atom. The maximum absolute atomic E-state index is 13.3. The first-order chi connectivity index (χ1) is 15.5. The lowest BCUT2D eigenvalue weighted by Crippen LogP contribution is -2.28. The molecule has 1 aliphatic rings. The second kappa shape index (κ2) is 10.2. The predicted octanol–water partition coefficient (Wildman–Crippen LogP) is 5.26. The summed E-state index contributed by atoms with van der Waals surface area (Å²) in [5.41, 5.74) is 2.83. The zero-order valence-corrected chi connectivity index (χ0v) is 19.0. The fourth-order valence-corrected chi connectivity index (χ4v) is 5.30. The molecule has 1 atom stereocenters. The lowest BCUT2D eigenvalue weighted by atomic mass is 10.1. The van der Waals surface area contributed by atoms with Crippen molar-refractivity contribution in [2.75, 3.05) is 23.0 Å². The number of thioether (sulfide) groups is 2. The highest BCUT2D eigenvalue weighted by Gasteiger charge is 2.35. The predicted molar refractivity (Wildman–Crippen MR) is 126 cm³/mol. The van der Waals surface area contributed by atoms with Crippen molar-refractivity contribution in [3.05, 3.63) is 89.5 Å². The van der Waals surface area contributed by atoms with Gasteiger partial charge in [0, 0.05) is 28.7 Å². The zero-order chi connectivity index (χ0) is 22.5. The minimum absolute atomic E-state index is 0.0184. The van der Waals surface area contributed by atoms with Gasteiger partial charge in [-0.3, -0.25) is 14.7 Å². The molecule has 2 aromatic carbocycles. The summed E-state index contributed by atoms with van der Waals surface area (Å²) in [6, 6.07) is 15.2. The third kappa shape index (κ3) is 5.14. The molecule has 0 radical (unpaired) electrons. The number of halogens is 1. The molecule has 1 saturated heterocycles. The number of carbonyl (C=O) groups excluding carboxylic acids is 2. The number of amides is 1. The Morgan fingerprint density at radius 3 is 2.78 bits per heavy atom. The van der Waals surface area contributed by atoms with Gasteiger partial charge in [0.1, 0.15) is 17.8 Å². The van der Waals surface area contributed by atoms with E-state index in [1.165, 1.54) is 23.9 Å². The molecular formula is C24H21FN2O3S2. The van der Waals surface area contributed by atoms with Crippen LogP contribution in [0, 0.1) is 12.7 Å². The van der Waals surface area contributed by atoms with Gasteiger partial charge in [-0.05, 0) is 60.5 Å². The summed E-state index contributed by atoms with van der Waals surface area (Å²) in [7, 11) is 0. The summed E-state index contributed by atoms with van der Waals surface area (Å²) in [5.74, 6) is 0.249. The van der Waals surface area contributed by atoms with Crippen molar-refractivity contribution in [2.24, 2.45) is 0 Å². The van der Waals surface area contributed by atoms with E-state index in [-0.39, 0.29) is 23.7 Å². The summed E-state index contributed by atoms with van der Waals surface area (Å²) < 4.78 is 18.7. The summed E-state index contributed by atoms with van der Waals surface area (Å²) in [6.07, 6.45) is 3.48. The van der Waals surface area contributed by atoms with E-state index in [1.54, 1.807) is 59.4 Å². The van der Waals surface area contributed by atoms with Crippen LogP contribution in [-0.4, -0.2) is 35.0 Å².